The topological polar surface area (TPSA) is 55.1 Å². The van der Waals surface area contributed by atoms with Crippen molar-refractivity contribution in [3.8, 4) is 5.69 Å². The van der Waals surface area contributed by atoms with Gasteiger partial charge in [-0.25, -0.2) is 9.48 Å². The van der Waals surface area contributed by atoms with Gasteiger partial charge in [-0.2, -0.15) is 18.3 Å². The van der Waals surface area contributed by atoms with E-state index in [4.69, 9.17) is 5.11 Å². The van der Waals surface area contributed by atoms with Gasteiger partial charge in [-0.15, -0.1) is 0 Å². The molecule has 0 aliphatic carbocycles. The minimum absolute atomic E-state index is 0.0931. The number of halogens is 3. The lowest BCUT2D eigenvalue weighted by Gasteiger charge is -2.14. The summed E-state index contributed by atoms with van der Waals surface area (Å²) in [5.41, 5.74) is -0.891. The predicted octanol–water partition coefficient (Wildman–Crippen LogP) is 3.15. The Morgan fingerprint density at radius 2 is 2.00 bits per heavy atom. The third-order valence-electron chi connectivity index (χ3n) is 2.87. The molecule has 0 saturated carbocycles. The first-order valence-corrected chi connectivity index (χ1v) is 5.83. The molecule has 0 fully saturated rings. The Morgan fingerprint density at radius 1 is 1.35 bits per heavy atom. The molecule has 0 aliphatic rings. The largest absolute Gasteiger partial charge is 0.478 e. The van der Waals surface area contributed by atoms with Crippen LogP contribution in [0.25, 0.3) is 5.69 Å². The lowest BCUT2D eigenvalue weighted by atomic mass is 10.1. The van der Waals surface area contributed by atoms with E-state index < -0.39 is 17.7 Å². The molecule has 7 heteroatoms. The van der Waals surface area contributed by atoms with Gasteiger partial charge in [-0.3, -0.25) is 0 Å². The maximum absolute atomic E-state index is 13.0. The molecule has 0 bridgehead atoms. The van der Waals surface area contributed by atoms with E-state index >= 15 is 0 Å². The molecule has 1 N–H and O–H groups in total. The van der Waals surface area contributed by atoms with Crippen LogP contribution >= 0.6 is 0 Å². The van der Waals surface area contributed by atoms with Crippen molar-refractivity contribution < 1.29 is 23.1 Å². The van der Waals surface area contributed by atoms with E-state index in [1.54, 1.807) is 6.92 Å². The van der Waals surface area contributed by atoms with Gasteiger partial charge in [0.05, 0.1) is 23.1 Å². The summed E-state index contributed by atoms with van der Waals surface area (Å²) < 4.78 is 40.0. The molecule has 1 aromatic carbocycles. The molecule has 1 heterocycles. The van der Waals surface area contributed by atoms with Crippen molar-refractivity contribution in [1.29, 1.82) is 0 Å². The Hall–Kier alpha value is -2.31. The normalized spacial score (nSPS) is 11.6. The van der Waals surface area contributed by atoms with Crippen molar-refractivity contribution >= 4 is 5.97 Å². The highest BCUT2D eigenvalue weighted by molar-refractivity contribution is 5.88. The third-order valence-corrected chi connectivity index (χ3v) is 2.87. The number of carbonyl (C=O) groups is 1. The second-order valence-electron chi connectivity index (χ2n) is 4.09. The summed E-state index contributed by atoms with van der Waals surface area (Å²) in [5.74, 6) is -1.21. The Balaban J connectivity index is 2.67. The molecule has 1 aromatic heterocycles. The fourth-order valence-corrected chi connectivity index (χ4v) is 2.00. The first kappa shape index (κ1) is 14.1. The minimum atomic E-state index is -4.53. The molecule has 106 valence electrons. The zero-order valence-corrected chi connectivity index (χ0v) is 10.5. The highest BCUT2D eigenvalue weighted by Gasteiger charge is 2.34. The number of carboxylic acid groups (broad SMARTS) is 1. The lowest BCUT2D eigenvalue weighted by molar-refractivity contribution is -0.137. The number of aromatic nitrogens is 2. The zero-order chi connectivity index (χ0) is 14.9. The molecule has 0 saturated heterocycles. The molecule has 0 amide bonds. The van der Waals surface area contributed by atoms with Crippen LogP contribution in [-0.4, -0.2) is 20.9 Å². The molecule has 0 unspecified atom stereocenters. The van der Waals surface area contributed by atoms with E-state index in [9.17, 15) is 18.0 Å². The monoisotopic (exact) mass is 284 g/mol. The van der Waals surface area contributed by atoms with Crippen molar-refractivity contribution in [2.75, 3.05) is 0 Å². The molecular weight excluding hydrogens is 273 g/mol. The lowest BCUT2D eigenvalue weighted by Crippen LogP contribution is -2.13. The number of para-hydroxylation sites is 1. The number of benzene rings is 1. The van der Waals surface area contributed by atoms with Crippen molar-refractivity contribution in [1.82, 2.24) is 9.78 Å². The smallest absolute Gasteiger partial charge is 0.418 e. The summed E-state index contributed by atoms with van der Waals surface area (Å²) in [6.07, 6.45) is -3.21. The fourth-order valence-electron chi connectivity index (χ4n) is 2.00. The van der Waals surface area contributed by atoms with Gasteiger partial charge in [-0.05, 0) is 18.6 Å². The summed E-state index contributed by atoms with van der Waals surface area (Å²) in [5, 5.41) is 12.8. The van der Waals surface area contributed by atoms with Gasteiger partial charge in [0.1, 0.15) is 5.56 Å². The van der Waals surface area contributed by atoms with E-state index in [0.717, 1.165) is 16.9 Å². The third kappa shape index (κ3) is 2.38. The van der Waals surface area contributed by atoms with Crippen molar-refractivity contribution in [2.45, 2.75) is 19.5 Å². The van der Waals surface area contributed by atoms with Crippen LogP contribution in [0.15, 0.2) is 30.5 Å². The summed E-state index contributed by atoms with van der Waals surface area (Å²) in [6.45, 7) is 1.66. The van der Waals surface area contributed by atoms with Gasteiger partial charge in [-0.1, -0.05) is 19.1 Å². The Bertz CT molecular complexity index is 647. The molecule has 0 radical (unpaired) electrons. The zero-order valence-electron chi connectivity index (χ0n) is 10.5. The number of nitrogens with zero attached hydrogens (tertiary/aromatic N) is 2. The van der Waals surface area contributed by atoms with Crippen LogP contribution in [0.3, 0.4) is 0 Å². The molecule has 20 heavy (non-hydrogen) atoms. The highest BCUT2D eigenvalue weighted by Crippen LogP contribution is 2.34. The standard InChI is InChI=1S/C13H11F3N2O2/c1-2-10-8(12(19)20)7-17-18(10)11-6-4-3-5-9(11)13(14,15)16/h3-7H,2H2,1H3,(H,19,20). The number of alkyl halides is 3. The van der Waals surface area contributed by atoms with Crippen molar-refractivity contribution in [3.63, 3.8) is 0 Å². The maximum Gasteiger partial charge on any atom is 0.418 e. The molecular formula is C13H11F3N2O2. The number of carboxylic acids is 1. The van der Waals surface area contributed by atoms with Gasteiger partial charge in [0.15, 0.2) is 0 Å². The SMILES string of the molecule is CCc1c(C(=O)O)cnn1-c1ccccc1C(F)(F)F. The average Bonchev–Trinajstić information content (AvgIpc) is 2.81. The molecule has 0 atom stereocenters. The second-order valence-corrected chi connectivity index (χ2v) is 4.09. The maximum atomic E-state index is 13.0. The molecule has 4 nitrogen and oxygen atoms in total. The quantitative estimate of drug-likeness (QED) is 0.942. The Kier molecular flexibility index (Phi) is 3.52. The van der Waals surface area contributed by atoms with Crippen molar-refractivity contribution in [3.05, 3.63) is 47.3 Å². The van der Waals surface area contributed by atoms with E-state index in [0.29, 0.717) is 0 Å². The summed E-state index contributed by atoms with van der Waals surface area (Å²) >= 11 is 0. The van der Waals surface area contributed by atoms with E-state index in [-0.39, 0.29) is 23.4 Å². The molecule has 2 rings (SSSR count). The van der Waals surface area contributed by atoms with Gasteiger partial charge < -0.3 is 5.11 Å². The number of hydrogen-bond donors (Lipinski definition) is 1. The van der Waals surface area contributed by atoms with Crippen LogP contribution in [0.4, 0.5) is 13.2 Å². The van der Waals surface area contributed by atoms with E-state index in [2.05, 4.69) is 5.10 Å². The molecule has 0 aliphatic heterocycles. The first-order chi connectivity index (χ1) is 9.36. The highest BCUT2D eigenvalue weighted by atomic mass is 19.4. The van der Waals surface area contributed by atoms with Crippen LogP contribution in [0.5, 0.6) is 0 Å². The average molecular weight is 284 g/mol. The van der Waals surface area contributed by atoms with Crippen LogP contribution < -0.4 is 0 Å². The minimum Gasteiger partial charge on any atom is -0.478 e. The summed E-state index contributed by atoms with van der Waals surface area (Å²) in [6, 6.07) is 4.93. The van der Waals surface area contributed by atoms with E-state index in [1.165, 1.54) is 18.2 Å². The van der Waals surface area contributed by atoms with Crippen molar-refractivity contribution in [2.24, 2.45) is 0 Å². The van der Waals surface area contributed by atoms with Gasteiger partial charge in [0.25, 0.3) is 0 Å². The summed E-state index contributed by atoms with van der Waals surface area (Å²) in [7, 11) is 0. The predicted molar refractivity (Wildman–Crippen MR) is 64.9 cm³/mol. The number of aromatic carboxylic acids is 1. The summed E-state index contributed by atoms with van der Waals surface area (Å²) in [4.78, 5) is 11.0. The van der Waals surface area contributed by atoms with Crippen LogP contribution in [0.1, 0.15) is 28.5 Å². The van der Waals surface area contributed by atoms with Crippen LogP contribution in [-0.2, 0) is 12.6 Å². The molecule has 0 spiro atoms. The van der Waals surface area contributed by atoms with E-state index in [1.807, 2.05) is 0 Å². The van der Waals surface area contributed by atoms with Crippen LogP contribution in [0, 0.1) is 0 Å². The van der Waals surface area contributed by atoms with Gasteiger partial charge in [0.2, 0.25) is 0 Å². The van der Waals surface area contributed by atoms with Crippen LogP contribution in [0.2, 0.25) is 0 Å². The van der Waals surface area contributed by atoms with Gasteiger partial charge >= 0.3 is 12.1 Å². The first-order valence-electron chi connectivity index (χ1n) is 5.83. The second kappa shape index (κ2) is 4.99. The number of rotatable bonds is 3. The number of hydrogen-bond acceptors (Lipinski definition) is 2. The Morgan fingerprint density at radius 3 is 2.55 bits per heavy atom. The van der Waals surface area contributed by atoms with Gasteiger partial charge in [0, 0.05) is 0 Å². The Labute approximate surface area is 112 Å². The fraction of sp³-hybridized carbons (Fsp3) is 0.231. The molecule has 2 aromatic rings.